The molecule has 0 bridgehead atoms. The van der Waals surface area contributed by atoms with E-state index >= 15 is 0 Å². The van der Waals surface area contributed by atoms with E-state index < -0.39 is 0 Å². The zero-order valence-electron chi connectivity index (χ0n) is 11.5. The van der Waals surface area contributed by atoms with Crippen LogP contribution in [0.25, 0.3) is 0 Å². The lowest BCUT2D eigenvalue weighted by atomic mass is 10.1. The largest absolute Gasteiger partial charge is 0.380 e. The molecule has 0 aliphatic rings. The SMILES string of the molecule is CNC(=O)Cc1ccc(NCc2cc(Br)c(C)s2)cc1. The monoisotopic (exact) mass is 352 g/mol. The summed E-state index contributed by atoms with van der Waals surface area (Å²) < 4.78 is 1.17. The molecule has 0 aliphatic heterocycles. The average molecular weight is 353 g/mol. The van der Waals surface area contributed by atoms with Crippen molar-refractivity contribution in [2.24, 2.45) is 0 Å². The number of rotatable bonds is 5. The highest BCUT2D eigenvalue weighted by Gasteiger charge is 2.03. The van der Waals surface area contributed by atoms with Gasteiger partial charge in [-0.25, -0.2) is 0 Å². The molecule has 0 unspecified atom stereocenters. The van der Waals surface area contributed by atoms with Crippen LogP contribution in [-0.4, -0.2) is 13.0 Å². The summed E-state index contributed by atoms with van der Waals surface area (Å²) in [6, 6.07) is 10.1. The number of hydrogen-bond acceptors (Lipinski definition) is 3. The predicted octanol–water partition coefficient (Wildman–Crippen LogP) is 3.72. The lowest BCUT2D eigenvalue weighted by Crippen LogP contribution is -2.19. The average Bonchev–Trinajstić information content (AvgIpc) is 2.77. The van der Waals surface area contributed by atoms with Crippen molar-refractivity contribution < 1.29 is 4.79 Å². The Labute approximate surface area is 131 Å². The van der Waals surface area contributed by atoms with Crippen LogP contribution in [0.2, 0.25) is 0 Å². The fraction of sp³-hybridized carbons (Fsp3) is 0.267. The van der Waals surface area contributed by atoms with Gasteiger partial charge in [-0.1, -0.05) is 12.1 Å². The van der Waals surface area contributed by atoms with Crippen molar-refractivity contribution in [1.29, 1.82) is 0 Å². The Morgan fingerprint density at radius 2 is 2.00 bits per heavy atom. The number of amides is 1. The van der Waals surface area contributed by atoms with Crippen LogP contribution in [-0.2, 0) is 17.8 Å². The van der Waals surface area contributed by atoms with Gasteiger partial charge in [0.05, 0.1) is 6.42 Å². The Hall–Kier alpha value is -1.33. The summed E-state index contributed by atoms with van der Waals surface area (Å²) in [6.07, 6.45) is 0.424. The molecule has 0 radical (unpaired) electrons. The van der Waals surface area contributed by atoms with Gasteiger partial charge in [0.25, 0.3) is 0 Å². The van der Waals surface area contributed by atoms with Crippen LogP contribution in [0.5, 0.6) is 0 Å². The number of aryl methyl sites for hydroxylation is 1. The molecule has 0 fully saturated rings. The molecular formula is C15H17BrN2OS. The van der Waals surface area contributed by atoms with Crippen LogP contribution in [0.15, 0.2) is 34.8 Å². The number of hydrogen-bond donors (Lipinski definition) is 2. The number of benzene rings is 1. The van der Waals surface area contributed by atoms with Gasteiger partial charge in [-0.05, 0) is 46.6 Å². The normalized spacial score (nSPS) is 10.3. The first-order valence-corrected chi connectivity index (χ1v) is 7.97. The molecule has 106 valence electrons. The Balaban J connectivity index is 1.92. The van der Waals surface area contributed by atoms with Gasteiger partial charge in [-0.15, -0.1) is 11.3 Å². The van der Waals surface area contributed by atoms with Gasteiger partial charge in [0.15, 0.2) is 0 Å². The summed E-state index contributed by atoms with van der Waals surface area (Å²) in [5.74, 6) is 0.0321. The van der Waals surface area contributed by atoms with E-state index in [4.69, 9.17) is 0 Å². The third kappa shape index (κ3) is 4.08. The lowest BCUT2D eigenvalue weighted by Gasteiger charge is -2.06. The second kappa shape index (κ2) is 6.90. The van der Waals surface area contributed by atoms with Crippen molar-refractivity contribution in [1.82, 2.24) is 5.32 Å². The predicted molar refractivity (Wildman–Crippen MR) is 88.3 cm³/mol. The molecule has 3 nitrogen and oxygen atoms in total. The van der Waals surface area contributed by atoms with Crippen molar-refractivity contribution in [2.45, 2.75) is 19.9 Å². The minimum absolute atomic E-state index is 0.0321. The molecule has 1 amide bonds. The molecule has 0 atom stereocenters. The van der Waals surface area contributed by atoms with Crippen molar-refractivity contribution in [3.63, 3.8) is 0 Å². The molecule has 0 saturated carbocycles. The molecule has 20 heavy (non-hydrogen) atoms. The van der Waals surface area contributed by atoms with Gasteiger partial charge >= 0.3 is 0 Å². The number of halogens is 1. The van der Waals surface area contributed by atoms with Crippen LogP contribution in [0.3, 0.4) is 0 Å². The summed E-state index contributed by atoms with van der Waals surface area (Å²) in [5.41, 5.74) is 2.08. The van der Waals surface area contributed by atoms with Gasteiger partial charge in [0.1, 0.15) is 0 Å². The molecule has 1 aromatic carbocycles. The fourth-order valence-electron chi connectivity index (χ4n) is 1.81. The molecular weight excluding hydrogens is 336 g/mol. The number of carbonyl (C=O) groups is 1. The van der Waals surface area contributed by atoms with Crippen molar-refractivity contribution in [3.8, 4) is 0 Å². The summed E-state index contributed by atoms with van der Waals surface area (Å²) in [5, 5.41) is 6.01. The molecule has 2 aromatic rings. The van der Waals surface area contributed by atoms with Crippen LogP contribution >= 0.6 is 27.3 Å². The van der Waals surface area contributed by atoms with Crippen LogP contribution in [0.4, 0.5) is 5.69 Å². The second-order valence-electron chi connectivity index (χ2n) is 4.52. The molecule has 0 aliphatic carbocycles. The zero-order valence-corrected chi connectivity index (χ0v) is 13.9. The van der Waals surface area contributed by atoms with Gasteiger partial charge in [-0.2, -0.15) is 0 Å². The Kier molecular flexibility index (Phi) is 5.20. The summed E-state index contributed by atoms with van der Waals surface area (Å²) in [7, 11) is 1.65. The summed E-state index contributed by atoms with van der Waals surface area (Å²) in [4.78, 5) is 13.9. The third-order valence-electron chi connectivity index (χ3n) is 2.97. The van der Waals surface area contributed by atoms with Gasteiger partial charge in [-0.3, -0.25) is 4.79 Å². The van der Waals surface area contributed by atoms with Gasteiger partial charge in [0, 0.05) is 33.5 Å². The van der Waals surface area contributed by atoms with E-state index in [1.165, 1.54) is 14.2 Å². The minimum atomic E-state index is 0.0321. The van der Waals surface area contributed by atoms with E-state index in [2.05, 4.69) is 39.6 Å². The zero-order chi connectivity index (χ0) is 14.5. The summed E-state index contributed by atoms with van der Waals surface area (Å²) >= 11 is 5.31. The standard InChI is InChI=1S/C15H17BrN2OS/c1-10-14(16)8-13(20-10)9-18-12-5-3-11(4-6-12)7-15(19)17-2/h3-6,8,18H,7,9H2,1-2H3,(H,17,19). The summed E-state index contributed by atoms with van der Waals surface area (Å²) in [6.45, 7) is 2.91. The molecule has 2 N–H and O–H groups in total. The lowest BCUT2D eigenvalue weighted by molar-refractivity contribution is -0.119. The number of likely N-dealkylation sites (N-methyl/N-ethyl adjacent to an activating group) is 1. The van der Waals surface area contributed by atoms with Crippen LogP contribution < -0.4 is 10.6 Å². The smallest absolute Gasteiger partial charge is 0.224 e. The van der Waals surface area contributed by atoms with E-state index in [1.54, 1.807) is 18.4 Å². The molecule has 0 saturated heterocycles. The maximum Gasteiger partial charge on any atom is 0.224 e. The number of nitrogens with one attached hydrogen (secondary N) is 2. The quantitative estimate of drug-likeness (QED) is 0.860. The number of carbonyl (C=O) groups excluding carboxylic acids is 1. The fourth-order valence-corrected chi connectivity index (χ4v) is 3.35. The number of anilines is 1. The topological polar surface area (TPSA) is 41.1 Å². The van der Waals surface area contributed by atoms with Crippen LogP contribution in [0.1, 0.15) is 15.3 Å². The van der Waals surface area contributed by atoms with E-state index in [0.717, 1.165) is 17.8 Å². The maximum atomic E-state index is 11.3. The van der Waals surface area contributed by atoms with E-state index in [1.807, 2.05) is 24.3 Å². The van der Waals surface area contributed by atoms with E-state index in [9.17, 15) is 4.79 Å². The maximum absolute atomic E-state index is 11.3. The molecule has 0 spiro atoms. The molecule has 2 rings (SSSR count). The first-order valence-electron chi connectivity index (χ1n) is 6.36. The highest BCUT2D eigenvalue weighted by Crippen LogP contribution is 2.26. The first kappa shape index (κ1) is 15.1. The van der Waals surface area contributed by atoms with Crippen molar-refractivity contribution in [3.05, 3.63) is 50.1 Å². The molecule has 1 heterocycles. The third-order valence-corrected chi connectivity index (χ3v) is 5.11. The van der Waals surface area contributed by atoms with Crippen molar-refractivity contribution >= 4 is 38.9 Å². The van der Waals surface area contributed by atoms with Gasteiger partial charge in [0.2, 0.25) is 5.91 Å². The minimum Gasteiger partial charge on any atom is -0.380 e. The van der Waals surface area contributed by atoms with Gasteiger partial charge < -0.3 is 10.6 Å². The van der Waals surface area contributed by atoms with E-state index in [0.29, 0.717) is 6.42 Å². The highest BCUT2D eigenvalue weighted by molar-refractivity contribution is 9.10. The Morgan fingerprint density at radius 1 is 1.30 bits per heavy atom. The Morgan fingerprint density at radius 3 is 2.55 bits per heavy atom. The number of thiophene rings is 1. The highest BCUT2D eigenvalue weighted by atomic mass is 79.9. The van der Waals surface area contributed by atoms with E-state index in [-0.39, 0.29) is 5.91 Å². The van der Waals surface area contributed by atoms with Crippen LogP contribution in [0, 0.1) is 6.92 Å². The molecule has 1 aromatic heterocycles. The Bertz CT molecular complexity index is 573. The first-order chi connectivity index (χ1) is 9.58. The molecule has 5 heteroatoms. The van der Waals surface area contributed by atoms with Crippen molar-refractivity contribution in [2.75, 3.05) is 12.4 Å². The second-order valence-corrected chi connectivity index (χ2v) is 6.71.